The van der Waals surface area contributed by atoms with Crippen LogP contribution in [0.5, 0.6) is 17.2 Å². The molecule has 0 radical (unpaired) electrons. The highest BCUT2D eigenvalue weighted by atomic mass is 127. The second kappa shape index (κ2) is 14.4. The van der Waals surface area contributed by atoms with Crippen molar-refractivity contribution in [2.24, 2.45) is 4.99 Å². The molecule has 2 rings (SSSR count). The molecule has 0 saturated heterocycles. The largest absolute Gasteiger partial charge is 0.497 e. The van der Waals surface area contributed by atoms with Crippen molar-refractivity contribution in [3.8, 4) is 29.6 Å². The highest BCUT2D eigenvalue weighted by molar-refractivity contribution is 14.0. The zero-order valence-electron chi connectivity index (χ0n) is 17.7. The Kier molecular flexibility index (Phi) is 12.2. The number of methoxy groups -OCH3 is 2. The normalized spacial score (nSPS) is 10.4. The Morgan fingerprint density at radius 1 is 1.00 bits per heavy atom. The van der Waals surface area contributed by atoms with E-state index in [4.69, 9.17) is 20.6 Å². The lowest BCUT2D eigenvalue weighted by atomic mass is 10.1. The van der Waals surface area contributed by atoms with Crippen LogP contribution in [-0.4, -0.2) is 39.9 Å². The zero-order chi connectivity index (χ0) is 20.9. The second-order valence-electron chi connectivity index (χ2n) is 6.20. The van der Waals surface area contributed by atoms with E-state index in [1.54, 1.807) is 14.2 Å². The average molecular weight is 523 g/mol. The van der Waals surface area contributed by atoms with Crippen molar-refractivity contribution in [3.63, 3.8) is 0 Å². The van der Waals surface area contributed by atoms with Gasteiger partial charge in [0.25, 0.3) is 0 Å². The molecular formula is C23H30IN3O3. The molecule has 0 aliphatic rings. The minimum atomic E-state index is 0. The molecule has 0 spiro atoms. The van der Waals surface area contributed by atoms with E-state index in [2.05, 4.69) is 33.7 Å². The predicted octanol–water partition coefficient (Wildman–Crippen LogP) is 3.63. The van der Waals surface area contributed by atoms with E-state index in [9.17, 15) is 0 Å². The summed E-state index contributed by atoms with van der Waals surface area (Å²) in [5, 5.41) is 6.63. The summed E-state index contributed by atoms with van der Waals surface area (Å²) < 4.78 is 16.1. The van der Waals surface area contributed by atoms with Gasteiger partial charge in [-0.05, 0) is 48.7 Å². The van der Waals surface area contributed by atoms with Crippen molar-refractivity contribution in [3.05, 3.63) is 53.6 Å². The lowest BCUT2D eigenvalue weighted by Crippen LogP contribution is -2.38. The van der Waals surface area contributed by atoms with Gasteiger partial charge in [0, 0.05) is 13.1 Å². The van der Waals surface area contributed by atoms with E-state index >= 15 is 0 Å². The molecule has 0 amide bonds. The Morgan fingerprint density at radius 3 is 2.37 bits per heavy atom. The lowest BCUT2D eigenvalue weighted by molar-refractivity contribution is 0.330. The van der Waals surface area contributed by atoms with Gasteiger partial charge in [-0.1, -0.05) is 24.1 Å². The van der Waals surface area contributed by atoms with Gasteiger partial charge in [-0.15, -0.1) is 30.4 Å². The topological polar surface area (TPSA) is 64.1 Å². The first-order chi connectivity index (χ1) is 14.2. The summed E-state index contributed by atoms with van der Waals surface area (Å²) in [5.74, 6) is 5.37. The number of ether oxygens (including phenoxy) is 3. The fraction of sp³-hybridized carbons (Fsp3) is 0.348. The third kappa shape index (κ3) is 8.41. The number of hydrogen-bond acceptors (Lipinski definition) is 4. The van der Waals surface area contributed by atoms with Crippen molar-refractivity contribution in [1.29, 1.82) is 0 Å². The van der Waals surface area contributed by atoms with Crippen LogP contribution in [0.3, 0.4) is 0 Å². The molecule has 0 fully saturated rings. The summed E-state index contributed by atoms with van der Waals surface area (Å²) in [6.07, 6.45) is 6.17. The van der Waals surface area contributed by atoms with Crippen LogP contribution < -0.4 is 24.8 Å². The molecule has 0 unspecified atom stereocenters. The first kappa shape index (κ1) is 25.4. The summed E-state index contributed by atoms with van der Waals surface area (Å²) in [6, 6.07) is 13.8. The van der Waals surface area contributed by atoms with Gasteiger partial charge in [0.05, 0.1) is 20.8 Å². The fourth-order valence-electron chi connectivity index (χ4n) is 2.68. The van der Waals surface area contributed by atoms with Gasteiger partial charge in [0.2, 0.25) is 0 Å². The van der Waals surface area contributed by atoms with Crippen LogP contribution in [-0.2, 0) is 13.0 Å². The molecule has 2 N–H and O–H groups in total. The number of hydrogen-bond donors (Lipinski definition) is 2. The van der Waals surface area contributed by atoms with Crippen molar-refractivity contribution in [1.82, 2.24) is 10.6 Å². The van der Waals surface area contributed by atoms with E-state index in [1.165, 1.54) is 5.56 Å². The smallest absolute Gasteiger partial charge is 0.191 e. The van der Waals surface area contributed by atoms with Crippen molar-refractivity contribution in [2.45, 2.75) is 19.9 Å². The molecule has 0 saturated carbocycles. The molecular weight excluding hydrogens is 493 g/mol. The maximum atomic E-state index is 5.55. The summed E-state index contributed by atoms with van der Waals surface area (Å²) >= 11 is 0. The standard InChI is InChI=1S/C23H29N3O3.HI/c1-5-15-29-22-16-19(9-12-21(22)28-4)17-26-23(24-6-2)25-14-13-18-7-10-20(27-3)11-8-18;/h1,7-12,16H,6,13-15,17H2,2-4H3,(H2,24,25,26);1H. The molecule has 0 aliphatic carbocycles. The number of nitrogens with zero attached hydrogens (tertiary/aromatic N) is 1. The van der Waals surface area contributed by atoms with Crippen molar-refractivity contribution in [2.75, 3.05) is 33.9 Å². The maximum absolute atomic E-state index is 5.55. The number of aliphatic imine (C=N–C) groups is 1. The van der Waals surface area contributed by atoms with Crippen LogP contribution in [0.4, 0.5) is 0 Å². The third-order valence-corrected chi connectivity index (χ3v) is 4.17. The van der Waals surface area contributed by atoms with Gasteiger partial charge >= 0.3 is 0 Å². The van der Waals surface area contributed by atoms with Gasteiger partial charge in [0.1, 0.15) is 12.4 Å². The molecule has 2 aromatic rings. The zero-order valence-corrected chi connectivity index (χ0v) is 20.1. The first-order valence-corrected chi connectivity index (χ1v) is 9.58. The predicted molar refractivity (Wildman–Crippen MR) is 132 cm³/mol. The molecule has 0 atom stereocenters. The second-order valence-corrected chi connectivity index (χ2v) is 6.20. The average Bonchev–Trinajstić information content (AvgIpc) is 2.76. The first-order valence-electron chi connectivity index (χ1n) is 9.58. The molecule has 2 aromatic carbocycles. The minimum Gasteiger partial charge on any atom is -0.497 e. The Labute approximate surface area is 196 Å². The summed E-state index contributed by atoms with van der Waals surface area (Å²) in [5.41, 5.74) is 2.24. The highest BCUT2D eigenvalue weighted by Gasteiger charge is 2.06. The Hall–Kier alpha value is -2.60. The number of halogens is 1. The molecule has 0 heterocycles. The number of terminal acetylenes is 1. The van der Waals surface area contributed by atoms with Gasteiger partial charge in [0.15, 0.2) is 17.5 Å². The van der Waals surface area contributed by atoms with Crippen LogP contribution in [0, 0.1) is 12.3 Å². The van der Waals surface area contributed by atoms with Crippen LogP contribution in [0.1, 0.15) is 18.1 Å². The molecule has 30 heavy (non-hydrogen) atoms. The number of nitrogens with one attached hydrogen (secondary N) is 2. The Morgan fingerprint density at radius 2 is 1.73 bits per heavy atom. The Balaban J connectivity index is 0.00000450. The van der Waals surface area contributed by atoms with Gasteiger partial charge < -0.3 is 24.8 Å². The molecule has 0 aliphatic heterocycles. The number of benzene rings is 2. The summed E-state index contributed by atoms with van der Waals surface area (Å²) in [7, 11) is 3.27. The summed E-state index contributed by atoms with van der Waals surface area (Å²) in [4.78, 5) is 4.66. The number of rotatable bonds is 10. The summed E-state index contributed by atoms with van der Waals surface area (Å²) in [6.45, 7) is 4.30. The molecule has 0 bridgehead atoms. The van der Waals surface area contributed by atoms with E-state index in [-0.39, 0.29) is 30.6 Å². The Bertz CT molecular complexity index is 833. The third-order valence-electron chi connectivity index (χ3n) is 4.17. The molecule has 162 valence electrons. The van der Waals surface area contributed by atoms with E-state index in [0.717, 1.165) is 36.8 Å². The molecule has 6 nitrogen and oxygen atoms in total. The van der Waals surface area contributed by atoms with Gasteiger partial charge in [-0.25, -0.2) is 4.99 Å². The van der Waals surface area contributed by atoms with Crippen LogP contribution >= 0.6 is 24.0 Å². The van der Waals surface area contributed by atoms with E-state index in [0.29, 0.717) is 18.0 Å². The minimum absolute atomic E-state index is 0. The molecule has 7 heteroatoms. The number of guanidine groups is 1. The van der Waals surface area contributed by atoms with Crippen LogP contribution in [0.25, 0.3) is 0 Å². The van der Waals surface area contributed by atoms with Crippen LogP contribution in [0.15, 0.2) is 47.5 Å². The fourth-order valence-corrected chi connectivity index (χ4v) is 2.68. The van der Waals surface area contributed by atoms with E-state index < -0.39 is 0 Å². The SMILES string of the molecule is C#CCOc1cc(CN=C(NCC)NCCc2ccc(OC)cc2)ccc1OC.I. The highest BCUT2D eigenvalue weighted by Crippen LogP contribution is 2.28. The van der Waals surface area contributed by atoms with Gasteiger partial charge in [-0.2, -0.15) is 0 Å². The molecule has 0 aromatic heterocycles. The van der Waals surface area contributed by atoms with Crippen molar-refractivity contribution >= 4 is 29.9 Å². The monoisotopic (exact) mass is 523 g/mol. The van der Waals surface area contributed by atoms with Gasteiger partial charge in [-0.3, -0.25) is 0 Å². The lowest BCUT2D eigenvalue weighted by Gasteiger charge is -2.13. The maximum Gasteiger partial charge on any atom is 0.191 e. The van der Waals surface area contributed by atoms with Crippen molar-refractivity contribution < 1.29 is 14.2 Å². The quantitative estimate of drug-likeness (QED) is 0.216. The van der Waals surface area contributed by atoms with E-state index in [1.807, 2.05) is 37.3 Å². The van der Waals surface area contributed by atoms with Crippen LogP contribution in [0.2, 0.25) is 0 Å².